The zero-order valence-corrected chi connectivity index (χ0v) is 22.3. The second-order valence-electron chi connectivity index (χ2n) is 11.7. The molecule has 0 radical (unpaired) electrons. The van der Waals surface area contributed by atoms with E-state index in [1.54, 1.807) is 0 Å². The standard InChI is InChI=1S/C28H35N7O2/c1-18-7-6-8-20(11-18)15-34-16-23(19(2)31-34)24-22(14-29)25(30)35(32-24)21-12-28(13-21)9-10-33(17-28)26(36)37-27(3,4)5/h6-8,11,16,21H,9-10,12-13,15,17,30H2,1-5H3/t21-,28-. The van der Waals surface area contributed by atoms with Gasteiger partial charge in [-0.1, -0.05) is 29.8 Å². The van der Waals surface area contributed by atoms with Gasteiger partial charge >= 0.3 is 6.09 Å². The van der Waals surface area contributed by atoms with Crippen molar-refractivity contribution in [3.63, 3.8) is 0 Å². The highest BCUT2D eigenvalue weighted by molar-refractivity contribution is 5.74. The molecule has 1 amide bonds. The van der Waals surface area contributed by atoms with Crippen molar-refractivity contribution in [1.82, 2.24) is 24.5 Å². The fourth-order valence-electron chi connectivity index (χ4n) is 5.72. The quantitative estimate of drug-likeness (QED) is 0.548. The number of carbonyl (C=O) groups is 1. The number of hydrogen-bond donors (Lipinski definition) is 1. The van der Waals surface area contributed by atoms with Crippen molar-refractivity contribution in [1.29, 1.82) is 5.26 Å². The third-order valence-electron chi connectivity index (χ3n) is 7.46. The fourth-order valence-corrected chi connectivity index (χ4v) is 5.72. The van der Waals surface area contributed by atoms with Gasteiger partial charge in [0, 0.05) is 24.8 Å². The Labute approximate surface area is 217 Å². The van der Waals surface area contributed by atoms with Crippen molar-refractivity contribution < 1.29 is 9.53 Å². The van der Waals surface area contributed by atoms with E-state index in [1.807, 2.05) is 54.2 Å². The number of nitrogens with two attached hydrogens (primary N) is 1. The highest BCUT2D eigenvalue weighted by Crippen LogP contribution is 2.55. The van der Waals surface area contributed by atoms with Crippen molar-refractivity contribution >= 4 is 11.9 Å². The lowest BCUT2D eigenvalue weighted by molar-refractivity contribution is 0.0188. The molecule has 1 saturated carbocycles. The third kappa shape index (κ3) is 4.80. The van der Waals surface area contributed by atoms with Gasteiger partial charge in [0.1, 0.15) is 28.7 Å². The Balaban J connectivity index is 1.32. The molecule has 0 unspecified atom stereocenters. The zero-order valence-electron chi connectivity index (χ0n) is 22.3. The molecule has 9 heteroatoms. The normalized spacial score (nSPS) is 21.2. The summed E-state index contributed by atoms with van der Waals surface area (Å²) in [6, 6.07) is 10.7. The predicted octanol–water partition coefficient (Wildman–Crippen LogP) is 4.83. The van der Waals surface area contributed by atoms with Gasteiger partial charge in [-0.2, -0.15) is 15.5 Å². The molecule has 3 aromatic rings. The van der Waals surface area contributed by atoms with Gasteiger partial charge < -0.3 is 15.4 Å². The van der Waals surface area contributed by atoms with Gasteiger partial charge in [-0.15, -0.1) is 0 Å². The van der Waals surface area contributed by atoms with E-state index in [2.05, 4.69) is 36.3 Å². The summed E-state index contributed by atoms with van der Waals surface area (Å²) in [5.74, 6) is 0.394. The van der Waals surface area contributed by atoms with Crippen LogP contribution in [0.4, 0.5) is 10.6 Å². The second kappa shape index (κ2) is 8.94. The number of benzene rings is 1. The molecule has 1 aliphatic carbocycles. The van der Waals surface area contributed by atoms with Crippen molar-refractivity contribution in [3.8, 4) is 17.3 Å². The maximum Gasteiger partial charge on any atom is 0.410 e. The smallest absolute Gasteiger partial charge is 0.410 e. The summed E-state index contributed by atoms with van der Waals surface area (Å²) in [5, 5.41) is 19.5. The number of ether oxygens (including phenoxy) is 1. The van der Waals surface area contributed by atoms with E-state index in [0.717, 1.165) is 36.1 Å². The van der Waals surface area contributed by atoms with Crippen LogP contribution in [0.1, 0.15) is 68.5 Å². The molecule has 194 valence electrons. The molecule has 2 aliphatic rings. The van der Waals surface area contributed by atoms with Crippen LogP contribution >= 0.6 is 0 Å². The van der Waals surface area contributed by atoms with E-state index in [1.165, 1.54) is 5.56 Å². The fraction of sp³-hybridized carbons (Fsp3) is 0.500. The molecule has 3 heterocycles. The zero-order chi connectivity index (χ0) is 26.5. The average Bonchev–Trinajstić information content (AvgIpc) is 3.47. The van der Waals surface area contributed by atoms with Gasteiger partial charge in [0.05, 0.1) is 18.3 Å². The Bertz CT molecular complexity index is 1380. The highest BCUT2D eigenvalue weighted by Gasteiger charge is 2.51. The van der Waals surface area contributed by atoms with Crippen molar-refractivity contribution in [2.24, 2.45) is 5.41 Å². The third-order valence-corrected chi connectivity index (χ3v) is 7.46. The van der Waals surface area contributed by atoms with Crippen molar-refractivity contribution in [2.45, 2.75) is 72.1 Å². The molecule has 2 aromatic heterocycles. The van der Waals surface area contributed by atoms with E-state index in [9.17, 15) is 10.1 Å². The first-order chi connectivity index (χ1) is 17.5. The minimum absolute atomic E-state index is 0.0571. The van der Waals surface area contributed by atoms with Crippen LogP contribution in [0.15, 0.2) is 30.5 Å². The molecular formula is C28H35N7O2. The molecule has 5 rings (SSSR count). The first-order valence-corrected chi connectivity index (χ1v) is 12.8. The topological polar surface area (TPSA) is 115 Å². The van der Waals surface area contributed by atoms with Crippen LogP contribution in [0.2, 0.25) is 0 Å². The largest absolute Gasteiger partial charge is 0.444 e. The number of carbonyl (C=O) groups excluding carboxylic acids is 1. The summed E-state index contributed by atoms with van der Waals surface area (Å²) >= 11 is 0. The van der Waals surface area contributed by atoms with E-state index in [0.29, 0.717) is 36.7 Å². The Morgan fingerprint density at radius 1 is 1.27 bits per heavy atom. The van der Waals surface area contributed by atoms with Gasteiger partial charge in [0.2, 0.25) is 0 Å². The van der Waals surface area contributed by atoms with Crippen LogP contribution in [0.5, 0.6) is 0 Å². The molecule has 2 fully saturated rings. The lowest BCUT2D eigenvalue weighted by Crippen LogP contribution is -2.43. The number of hydrogen-bond acceptors (Lipinski definition) is 6. The van der Waals surface area contributed by atoms with E-state index >= 15 is 0 Å². The first-order valence-electron chi connectivity index (χ1n) is 12.8. The number of aryl methyl sites for hydroxylation is 2. The van der Waals surface area contributed by atoms with E-state index in [4.69, 9.17) is 15.6 Å². The number of aromatic nitrogens is 4. The minimum atomic E-state index is -0.505. The average molecular weight is 502 g/mol. The lowest BCUT2D eigenvalue weighted by atomic mass is 9.65. The summed E-state index contributed by atoms with van der Waals surface area (Å²) in [6.07, 6.45) is 4.37. The summed E-state index contributed by atoms with van der Waals surface area (Å²) in [4.78, 5) is 14.3. The van der Waals surface area contributed by atoms with Crippen LogP contribution in [0.25, 0.3) is 11.3 Å². The molecular weight excluding hydrogens is 466 g/mol. The van der Waals surface area contributed by atoms with Gasteiger partial charge in [0.25, 0.3) is 0 Å². The van der Waals surface area contributed by atoms with Crippen LogP contribution in [0, 0.1) is 30.6 Å². The summed E-state index contributed by atoms with van der Waals surface area (Å²) in [7, 11) is 0. The Morgan fingerprint density at radius 2 is 2.03 bits per heavy atom. The molecule has 0 bridgehead atoms. The van der Waals surface area contributed by atoms with Gasteiger partial charge in [-0.3, -0.25) is 4.68 Å². The number of likely N-dealkylation sites (tertiary alicyclic amines) is 1. The number of rotatable bonds is 4. The maximum absolute atomic E-state index is 12.5. The van der Waals surface area contributed by atoms with Crippen molar-refractivity contribution in [2.75, 3.05) is 18.8 Å². The number of anilines is 1. The molecule has 37 heavy (non-hydrogen) atoms. The number of nitrogen functional groups attached to an aromatic ring is 1. The van der Waals surface area contributed by atoms with Crippen molar-refractivity contribution in [3.05, 3.63) is 52.8 Å². The van der Waals surface area contributed by atoms with Gasteiger partial charge in [0.15, 0.2) is 0 Å². The second-order valence-corrected chi connectivity index (χ2v) is 11.7. The molecule has 1 aliphatic heterocycles. The van der Waals surface area contributed by atoms with E-state index in [-0.39, 0.29) is 17.6 Å². The van der Waals surface area contributed by atoms with E-state index < -0.39 is 5.60 Å². The molecule has 1 aromatic carbocycles. The molecule has 9 nitrogen and oxygen atoms in total. The van der Waals surface area contributed by atoms with Gasteiger partial charge in [-0.05, 0) is 64.9 Å². The van der Waals surface area contributed by atoms with Crippen LogP contribution in [-0.2, 0) is 11.3 Å². The first kappa shape index (κ1) is 24.9. The number of nitrogens with zero attached hydrogens (tertiary/aromatic N) is 6. The molecule has 1 saturated heterocycles. The van der Waals surface area contributed by atoms with Gasteiger partial charge in [-0.25, -0.2) is 9.48 Å². The summed E-state index contributed by atoms with van der Waals surface area (Å²) < 4.78 is 9.26. The molecule has 0 atom stereocenters. The number of amides is 1. The molecule has 1 spiro atoms. The molecule has 2 N–H and O–H groups in total. The highest BCUT2D eigenvalue weighted by atomic mass is 16.6. The summed E-state index contributed by atoms with van der Waals surface area (Å²) in [5.41, 5.74) is 11.0. The summed E-state index contributed by atoms with van der Waals surface area (Å²) in [6.45, 7) is 11.7. The minimum Gasteiger partial charge on any atom is -0.444 e. The monoisotopic (exact) mass is 501 g/mol. The predicted molar refractivity (Wildman–Crippen MR) is 141 cm³/mol. The Kier molecular flexibility index (Phi) is 6.01. The van der Waals surface area contributed by atoms with Crippen LogP contribution in [0.3, 0.4) is 0 Å². The SMILES string of the molecule is Cc1cccc(Cn2cc(-c3nn([C@H]4C[C@@]5(CCN(C(=O)OC(C)(C)C)C5)C4)c(N)c3C#N)c(C)n2)c1. The van der Waals surface area contributed by atoms with Crippen LogP contribution in [-0.4, -0.2) is 49.2 Å². The van der Waals surface area contributed by atoms with Crippen LogP contribution < -0.4 is 5.73 Å². The maximum atomic E-state index is 12.5. The lowest BCUT2D eigenvalue weighted by Gasteiger charge is -2.45. The number of nitriles is 1. The Morgan fingerprint density at radius 3 is 2.70 bits per heavy atom. The Hall–Kier alpha value is -3.80.